The molecule has 0 aliphatic carbocycles. The van der Waals surface area contributed by atoms with Gasteiger partial charge in [-0.15, -0.1) is 0 Å². The number of rotatable bonds is 8. The quantitative estimate of drug-likeness (QED) is 0.175. The van der Waals surface area contributed by atoms with Crippen molar-refractivity contribution in [2.45, 2.75) is 6.92 Å². The number of ether oxygens (including phenoxy) is 3. The minimum Gasteiger partial charge on any atom is -0.495 e. The summed E-state index contributed by atoms with van der Waals surface area (Å²) in [6, 6.07) is 19.8. The molecule has 0 saturated heterocycles. The topological polar surface area (TPSA) is 115 Å². The molecule has 3 aromatic carbocycles. The highest BCUT2D eigenvalue weighted by atomic mass is 16.5. The highest BCUT2D eigenvalue weighted by Crippen LogP contribution is 2.22. The average molecular weight is 461 g/mol. The van der Waals surface area contributed by atoms with Gasteiger partial charge in [0, 0.05) is 0 Å². The molecule has 3 aromatic rings. The Kier molecular flexibility index (Phi) is 8.34. The maximum atomic E-state index is 12.3. The number of amides is 2. The van der Waals surface area contributed by atoms with E-state index >= 15 is 0 Å². The molecule has 0 aliphatic heterocycles. The van der Waals surface area contributed by atoms with Crippen LogP contribution in [0.3, 0.4) is 0 Å². The first kappa shape index (κ1) is 24.0. The molecule has 9 nitrogen and oxygen atoms in total. The van der Waals surface area contributed by atoms with Crippen molar-refractivity contribution in [1.82, 2.24) is 5.43 Å². The van der Waals surface area contributed by atoms with Crippen molar-refractivity contribution in [3.63, 3.8) is 0 Å². The molecule has 2 amide bonds. The molecule has 0 atom stereocenters. The number of anilines is 1. The summed E-state index contributed by atoms with van der Waals surface area (Å²) in [5.74, 6) is -0.891. The van der Waals surface area contributed by atoms with Gasteiger partial charge in [-0.1, -0.05) is 12.1 Å². The summed E-state index contributed by atoms with van der Waals surface area (Å²) < 4.78 is 15.8. The normalized spacial score (nSPS) is 10.4. The first-order valence-corrected chi connectivity index (χ1v) is 10.3. The minimum absolute atomic E-state index is 0.344. The van der Waals surface area contributed by atoms with Crippen LogP contribution in [0, 0.1) is 0 Å². The number of esters is 1. The lowest BCUT2D eigenvalue weighted by Crippen LogP contribution is -2.32. The van der Waals surface area contributed by atoms with Gasteiger partial charge in [-0.3, -0.25) is 9.59 Å². The number of hydrogen-bond donors (Lipinski definition) is 2. The van der Waals surface area contributed by atoms with Crippen molar-refractivity contribution < 1.29 is 28.6 Å². The van der Waals surface area contributed by atoms with E-state index in [0.717, 1.165) is 0 Å². The molecule has 174 valence electrons. The monoisotopic (exact) mass is 461 g/mol. The lowest BCUT2D eigenvalue weighted by molar-refractivity contribution is -0.136. The molecule has 0 heterocycles. The van der Waals surface area contributed by atoms with E-state index in [2.05, 4.69) is 15.8 Å². The van der Waals surface area contributed by atoms with Crippen molar-refractivity contribution in [1.29, 1.82) is 0 Å². The van der Waals surface area contributed by atoms with Crippen LogP contribution in [0.5, 0.6) is 17.2 Å². The number of hydrogen-bond acceptors (Lipinski definition) is 7. The second-order valence-corrected chi connectivity index (χ2v) is 6.77. The van der Waals surface area contributed by atoms with Crippen LogP contribution >= 0.6 is 0 Å². The number of methoxy groups -OCH3 is 1. The zero-order chi connectivity index (χ0) is 24.3. The molecule has 0 radical (unpaired) electrons. The third-order valence-corrected chi connectivity index (χ3v) is 4.43. The average Bonchev–Trinajstić information content (AvgIpc) is 2.86. The second-order valence-electron chi connectivity index (χ2n) is 6.77. The number of carbonyl (C=O) groups excluding carboxylic acids is 3. The van der Waals surface area contributed by atoms with E-state index in [-0.39, 0.29) is 0 Å². The molecule has 0 fully saturated rings. The third-order valence-electron chi connectivity index (χ3n) is 4.43. The van der Waals surface area contributed by atoms with Gasteiger partial charge >= 0.3 is 17.8 Å². The van der Waals surface area contributed by atoms with Gasteiger partial charge < -0.3 is 19.5 Å². The standard InChI is InChI=1S/C25H23N3O6/c1-3-33-19-14-10-18(11-15-19)25(31)34-20-12-8-17(9-13-20)16-26-28-24(30)23(29)27-21-6-4-5-7-22(21)32-2/h4-16H,3H2,1-2H3,(H,27,29)(H,28,30). The number of nitrogens with one attached hydrogen (secondary N) is 2. The summed E-state index contributed by atoms with van der Waals surface area (Å²) in [5, 5.41) is 6.23. The molecule has 0 aromatic heterocycles. The highest BCUT2D eigenvalue weighted by Gasteiger charge is 2.15. The van der Waals surface area contributed by atoms with Gasteiger partial charge in [0.2, 0.25) is 0 Å². The summed E-state index contributed by atoms with van der Waals surface area (Å²) in [7, 11) is 1.46. The summed E-state index contributed by atoms with van der Waals surface area (Å²) in [5.41, 5.74) is 3.53. The predicted octanol–water partition coefficient (Wildman–Crippen LogP) is 3.40. The molecule has 9 heteroatoms. The number of nitrogens with zero attached hydrogens (tertiary/aromatic N) is 1. The van der Waals surface area contributed by atoms with Crippen LogP contribution in [0.4, 0.5) is 5.69 Å². The fourth-order valence-electron chi connectivity index (χ4n) is 2.79. The Hall–Kier alpha value is -4.66. The van der Waals surface area contributed by atoms with Crippen molar-refractivity contribution in [2.75, 3.05) is 19.0 Å². The number of carbonyl (C=O) groups is 3. The zero-order valence-corrected chi connectivity index (χ0v) is 18.6. The molecule has 2 N–H and O–H groups in total. The Balaban J connectivity index is 1.50. The number of para-hydroxylation sites is 2. The summed E-state index contributed by atoms with van der Waals surface area (Å²) >= 11 is 0. The van der Waals surface area contributed by atoms with Crippen LogP contribution in [0.25, 0.3) is 0 Å². The van der Waals surface area contributed by atoms with E-state index in [9.17, 15) is 14.4 Å². The van der Waals surface area contributed by atoms with Gasteiger partial charge in [-0.2, -0.15) is 5.10 Å². The predicted molar refractivity (Wildman–Crippen MR) is 126 cm³/mol. The van der Waals surface area contributed by atoms with Crippen LogP contribution in [0.1, 0.15) is 22.8 Å². The Labute approximate surface area is 196 Å². The second kappa shape index (κ2) is 11.8. The maximum absolute atomic E-state index is 12.3. The van der Waals surface area contributed by atoms with Gasteiger partial charge in [-0.25, -0.2) is 10.2 Å². The van der Waals surface area contributed by atoms with E-state index < -0.39 is 17.8 Å². The third kappa shape index (κ3) is 6.67. The fourth-order valence-corrected chi connectivity index (χ4v) is 2.79. The number of hydrazone groups is 1. The Morgan fingerprint density at radius 1 is 0.882 bits per heavy atom. The molecule has 34 heavy (non-hydrogen) atoms. The van der Waals surface area contributed by atoms with Crippen molar-refractivity contribution in [3.05, 3.63) is 83.9 Å². The Morgan fingerprint density at radius 3 is 2.24 bits per heavy atom. The molecule has 0 spiro atoms. The van der Waals surface area contributed by atoms with Crippen LogP contribution in [-0.2, 0) is 9.59 Å². The Morgan fingerprint density at radius 2 is 1.56 bits per heavy atom. The van der Waals surface area contributed by atoms with Crippen molar-refractivity contribution in [2.24, 2.45) is 5.10 Å². The van der Waals surface area contributed by atoms with Gasteiger partial charge in [0.1, 0.15) is 17.2 Å². The van der Waals surface area contributed by atoms with Gasteiger partial charge in [0.25, 0.3) is 0 Å². The van der Waals surface area contributed by atoms with Crippen molar-refractivity contribution >= 4 is 29.7 Å². The smallest absolute Gasteiger partial charge is 0.343 e. The van der Waals surface area contributed by atoms with Crippen LogP contribution in [0.15, 0.2) is 77.9 Å². The first-order chi connectivity index (χ1) is 16.5. The lowest BCUT2D eigenvalue weighted by Gasteiger charge is -2.08. The SMILES string of the molecule is CCOc1ccc(C(=O)Oc2ccc(C=NNC(=O)C(=O)Nc3ccccc3OC)cc2)cc1. The van der Waals surface area contributed by atoms with E-state index in [1.807, 2.05) is 6.92 Å². The zero-order valence-electron chi connectivity index (χ0n) is 18.6. The minimum atomic E-state index is -0.942. The molecule has 3 rings (SSSR count). The van der Waals surface area contributed by atoms with E-state index in [0.29, 0.717) is 40.7 Å². The van der Waals surface area contributed by atoms with Gasteiger partial charge in [0.15, 0.2) is 0 Å². The molecule has 0 bridgehead atoms. The molecule has 0 aliphatic rings. The van der Waals surface area contributed by atoms with E-state index in [1.165, 1.54) is 13.3 Å². The van der Waals surface area contributed by atoms with Crippen LogP contribution in [0.2, 0.25) is 0 Å². The van der Waals surface area contributed by atoms with Crippen LogP contribution in [-0.4, -0.2) is 37.7 Å². The summed E-state index contributed by atoms with van der Waals surface area (Å²) in [4.78, 5) is 36.3. The molecular weight excluding hydrogens is 438 g/mol. The molecular formula is C25H23N3O6. The van der Waals surface area contributed by atoms with Gasteiger partial charge in [-0.05, 0) is 73.2 Å². The van der Waals surface area contributed by atoms with E-state index in [4.69, 9.17) is 14.2 Å². The highest BCUT2D eigenvalue weighted by molar-refractivity contribution is 6.39. The molecule has 0 saturated carbocycles. The maximum Gasteiger partial charge on any atom is 0.343 e. The molecule has 0 unspecified atom stereocenters. The first-order valence-electron chi connectivity index (χ1n) is 10.3. The lowest BCUT2D eigenvalue weighted by atomic mass is 10.2. The summed E-state index contributed by atoms with van der Waals surface area (Å²) in [6.07, 6.45) is 1.35. The fraction of sp³-hybridized carbons (Fsp3) is 0.120. The van der Waals surface area contributed by atoms with Gasteiger partial charge in [0.05, 0.1) is 31.2 Å². The van der Waals surface area contributed by atoms with Crippen molar-refractivity contribution in [3.8, 4) is 17.2 Å². The van der Waals surface area contributed by atoms with E-state index in [1.54, 1.807) is 72.8 Å². The number of benzene rings is 3. The largest absolute Gasteiger partial charge is 0.495 e. The Bertz CT molecular complexity index is 1170. The summed E-state index contributed by atoms with van der Waals surface area (Å²) in [6.45, 7) is 2.42. The van der Waals surface area contributed by atoms with Crippen LogP contribution < -0.4 is 25.0 Å².